The molecule has 0 radical (unpaired) electrons. The Morgan fingerprint density at radius 2 is 1.64 bits per heavy atom. The molecule has 0 spiro atoms. The van der Waals surface area contributed by atoms with Gasteiger partial charge in [-0.25, -0.2) is 4.79 Å². The molecule has 0 aliphatic heterocycles. The van der Waals surface area contributed by atoms with E-state index in [9.17, 15) is 18.0 Å². The van der Waals surface area contributed by atoms with Crippen LogP contribution < -0.4 is 0 Å². The first-order valence-corrected chi connectivity index (χ1v) is 11.3. The summed E-state index contributed by atoms with van der Waals surface area (Å²) < 4.78 is 30.5. The third kappa shape index (κ3) is 18.4. The van der Waals surface area contributed by atoms with Crippen LogP contribution in [-0.2, 0) is 19.7 Å². The van der Waals surface area contributed by atoms with E-state index in [4.69, 9.17) is 19.9 Å². The van der Waals surface area contributed by atoms with Gasteiger partial charge in [0.1, 0.15) is 0 Å². The second-order valence-electron chi connectivity index (χ2n) is 6.17. The second-order valence-corrected chi connectivity index (χ2v) is 9.22. The van der Waals surface area contributed by atoms with E-state index in [0.717, 1.165) is 40.3 Å². The normalized spacial score (nSPS) is 14.8. The number of carboxylic acid groups (broad SMARTS) is 2. The summed E-state index contributed by atoms with van der Waals surface area (Å²) in [6.07, 6.45) is 3.99. The van der Waals surface area contributed by atoms with E-state index in [-0.39, 0.29) is 5.75 Å². The van der Waals surface area contributed by atoms with Crippen LogP contribution in [0.25, 0.3) is 0 Å². The molecule has 8 nitrogen and oxygen atoms in total. The van der Waals surface area contributed by atoms with Crippen molar-refractivity contribution in [2.45, 2.75) is 68.1 Å². The summed E-state index contributed by atoms with van der Waals surface area (Å²) in [6.45, 7) is 4.42. The zero-order chi connectivity index (χ0) is 20.0. The Morgan fingerprint density at radius 1 is 1.08 bits per heavy atom. The van der Waals surface area contributed by atoms with Crippen molar-refractivity contribution in [3.8, 4) is 0 Å². The van der Waals surface area contributed by atoms with Crippen LogP contribution in [0.2, 0.25) is 3.17 Å². The van der Waals surface area contributed by atoms with E-state index < -0.39 is 34.6 Å². The van der Waals surface area contributed by atoms with Crippen molar-refractivity contribution in [2.75, 3.05) is 5.75 Å². The van der Waals surface area contributed by atoms with Gasteiger partial charge in [0.2, 0.25) is 0 Å². The number of aliphatic hydroxyl groups excluding tert-OH is 1. The van der Waals surface area contributed by atoms with Crippen molar-refractivity contribution in [3.63, 3.8) is 0 Å². The van der Waals surface area contributed by atoms with Crippen LogP contribution in [0.4, 0.5) is 0 Å². The quantitative estimate of drug-likeness (QED) is 0.290. The second kappa shape index (κ2) is 14.9. The van der Waals surface area contributed by atoms with Crippen molar-refractivity contribution in [3.05, 3.63) is 0 Å². The van der Waals surface area contributed by atoms with E-state index in [0.29, 0.717) is 9.59 Å². The maximum absolute atomic E-state index is 10.6. The Labute approximate surface area is 167 Å². The third-order valence-electron chi connectivity index (χ3n) is 3.97. The molecular formula is C15H29NaO8S. The first kappa shape index (κ1) is 27.0. The molecule has 0 aliphatic carbocycles. The predicted octanol–water partition coefficient (Wildman–Crippen LogP) is 1.73. The number of hydrogen-bond donors (Lipinski definition) is 4. The van der Waals surface area contributed by atoms with Crippen LogP contribution in [-0.4, -0.2) is 80.0 Å². The molecule has 10 heteroatoms. The minimum atomic E-state index is -3.75. The standard InChI is InChI=1S/C11H23O3S.C4H6O5.Na/c1-3-5-8-11(4-2)9-6-7-10-15(12,13)14;5-2(4(8)9)1-3(6)7;/h9,11H,3-8,10H2,1-2H3,(H,12,13,14);2,5H,1H2,(H,6,7)(H,8,9);. The summed E-state index contributed by atoms with van der Waals surface area (Å²) in [6, 6.07) is 0. The van der Waals surface area contributed by atoms with Gasteiger partial charge in [0.15, 0.2) is 6.10 Å². The molecule has 0 amide bonds. The van der Waals surface area contributed by atoms with Gasteiger partial charge < -0.3 is 15.3 Å². The van der Waals surface area contributed by atoms with Gasteiger partial charge in [-0.3, -0.25) is 4.79 Å². The summed E-state index contributed by atoms with van der Waals surface area (Å²) >= 11 is 1.12. The fraction of sp³-hybridized carbons (Fsp3) is 0.867. The molecule has 0 fully saturated rings. The van der Waals surface area contributed by atoms with Crippen LogP contribution in [0.3, 0.4) is 0 Å². The number of rotatable bonds is 12. The molecule has 4 N–H and O–H groups in total. The minimum Gasteiger partial charge on any atom is -0.481 e. The smallest absolute Gasteiger partial charge is 0.333 e. The molecular weight excluding hydrogens is 363 g/mol. The fourth-order valence-corrected chi connectivity index (χ4v) is 4.18. The van der Waals surface area contributed by atoms with E-state index in [1.165, 1.54) is 25.7 Å². The Bertz CT molecular complexity index is 480. The topological polar surface area (TPSA) is 149 Å². The molecule has 0 bridgehead atoms. The molecule has 0 saturated carbocycles. The molecule has 0 saturated heterocycles. The SMILES string of the molecule is CCCCC(CC)[CH]([Na])CCCS(=O)(=O)O.O=C(O)CC(O)C(=O)O. The zero-order valence-corrected chi connectivity index (χ0v) is 18.0. The Balaban J connectivity index is 0. The average molecular weight is 392 g/mol. The summed E-state index contributed by atoms with van der Waals surface area (Å²) in [5.41, 5.74) is 0. The molecule has 144 valence electrons. The van der Waals surface area contributed by atoms with E-state index >= 15 is 0 Å². The first-order chi connectivity index (χ1) is 11.4. The molecule has 0 aromatic carbocycles. The summed E-state index contributed by atoms with van der Waals surface area (Å²) in [7, 11) is -3.75. The molecule has 0 rings (SSSR count). The molecule has 25 heavy (non-hydrogen) atoms. The average Bonchev–Trinajstić information content (AvgIpc) is 2.46. The summed E-state index contributed by atoms with van der Waals surface area (Å²) in [5, 5.41) is 24.1. The summed E-state index contributed by atoms with van der Waals surface area (Å²) in [4.78, 5) is 19.4. The monoisotopic (exact) mass is 392 g/mol. The van der Waals surface area contributed by atoms with E-state index in [2.05, 4.69) is 13.8 Å². The number of carbonyl (C=O) groups is 2. The van der Waals surface area contributed by atoms with Crippen LogP contribution in [0.1, 0.15) is 58.8 Å². The predicted molar refractivity (Wildman–Crippen MR) is 94.4 cm³/mol. The summed E-state index contributed by atoms with van der Waals surface area (Å²) in [5.74, 6) is -2.16. The van der Waals surface area contributed by atoms with E-state index in [1.807, 2.05) is 0 Å². The molecule has 0 aromatic rings. The molecule has 3 atom stereocenters. The van der Waals surface area contributed by atoms with Crippen molar-refractivity contribution in [1.29, 1.82) is 0 Å². The molecule has 0 heterocycles. The van der Waals surface area contributed by atoms with Crippen molar-refractivity contribution < 1.29 is 37.9 Å². The van der Waals surface area contributed by atoms with Gasteiger partial charge in [-0.2, -0.15) is 0 Å². The van der Waals surface area contributed by atoms with Crippen molar-refractivity contribution >= 4 is 50.0 Å². The van der Waals surface area contributed by atoms with Gasteiger partial charge in [-0.05, 0) is 0 Å². The van der Waals surface area contributed by atoms with Crippen LogP contribution in [0.15, 0.2) is 0 Å². The maximum atomic E-state index is 10.6. The van der Waals surface area contributed by atoms with Gasteiger partial charge >= 0.3 is 130 Å². The molecule has 0 aromatic heterocycles. The number of aliphatic carboxylic acids is 2. The Hall–Kier alpha value is -0.190. The van der Waals surface area contributed by atoms with Gasteiger partial charge in [0.25, 0.3) is 0 Å². The van der Waals surface area contributed by atoms with Gasteiger partial charge in [0, 0.05) is 0 Å². The van der Waals surface area contributed by atoms with Crippen LogP contribution in [0.5, 0.6) is 0 Å². The first-order valence-electron chi connectivity index (χ1n) is 8.52. The van der Waals surface area contributed by atoms with Crippen LogP contribution >= 0.6 is 0 Å². The largest absolute Gasteiger partial charge is 0.481 e. The Kier molecular flexibility index (Phi) is 16.1. The molecule has 3 unspecified atom stereocenters. The third-order valence-corrected chi connectivity index (χ3v) is 6.30. The maximum Gasteiger partial charge on any atom is 0.333 e. The van der Waals surface area contributed by atoms with Gasteiger partial charge in [0.05, 0.1) is 6.42 Å². The number of hydrogen-bond acceptors (Lipinski definition) is 5. The number of unbranched alkanes of at least 4 members (excludes halogenated alkanes) is 1. The minimum absolute atomic E-state index is 0.0735. The van der Waals surface area contributed by atoms with Crippen LogP contribution in [0, 0.1) is 5.92 Å². The van der Waals surface area contributed by atoms with Gasteiger partial charge in [-0.15, -0.1) is 0 Å². The van der Waals surface area contributed by atoms with Gasteiger partial charge in [-0.1, -0.05) is 0 Å². The zero-order valence-electron chi connectivity index (χ0n) is 15.2. The van der Waals surface area contributed by atoms with Crippen molar-refractivity contribution in [2.24, 2.45) is 5.92 Å². The molecule has 0 aliphatic rings. The van der Waals surface area contributed by atoms with Crippen molar-refractivity contribution in [1.82, 2.24) is 0 Å². The van der Waals surface area contributed by atoms with E-state index in [1.54, 1.807) is 0 Å². The number of carboxylic acids is 2. The Morgan fingerprint density at radius 3 is 1.96 bits per heavy atom. The number of aliphatic hydroxyl groups is 1. The fourth-order valence-electron chi connectivity index (χ4n) is 2.43.